The second kappa shape index (κ2) is 46.3. The zero-order valence-electron chi connectivity index (χ0n) is 38.6. The molecule has 0 aromatic heterocycles. The lowest BCUT2D eigenvalue weighted by Gasteiger charge is -2.18. The molecule has 0 radical (unpaired) electrons. The van der Waals surface area contributed by atoms with E-state index in [9.17, 15) is 14.2 Å². The van der Waals surface area contributed by atoms with E-state index in [1.165, 1.54) is 122 Å². The number of hydrogen-bond acceptors (Lipinski definition) is 6. The van der Waals surface area contributed by atoms with Gasteiger partial charge in [0.15, 0.2) is 6.10 Å². The van der Waals surface area contributed by atoms with Crippen LogP contribution in [0, 0.1) is 0 Å². The van der Waals surface area contributed by atoms with Crippen LogP contribution in [0.25, 0.3) is 0 Å². The van der Waals surface area contributed by atoms with Gasteiger partial charge in [0.2, 0.25) is 0 Å². The molecule has 8 nitrogen and oxygen atoms in total. The lowest BCUT2D eigenvalue weighted by molar-refractivity contribution is -0.161. The maximum absolute atomic E-state index is 12.5. The molecule has 0 aromatic rings. The van der Waals surface area contributed by atoms with Gasteiger partial charge in [-0.15, -0.1) is 0 Å². The fraction of sp³-hybridized carbons (Fsp3) is 0.765. The zero-order valence-corrected chi connectivity index (χ0v) is 39.5. The number of allylic oxidation sites excluding steroid dienone is 10. The molecule has 60 heavy (non-hydrogen) atoms. The third-order valence-corrected chi connectivity index (χ3v) is 11.0. The van der Waals surface area contributed by atoms with Crippen LogP contribution >= 0.6 is 7.82 Å². The van der Waals surface area contributed by atoms with Crippen molar-refractivity contribution < 1.29 is 37.9 Å². The summed E-state index contributed by atoms with van der Waals surface area (Å²) < 4.78 is 26.5. The highest BCUT2D eigenvalue weighted by Crippen LogP contribution is 2.36. The van der Waals surface area contributed by atoms with Crippen molar-refractivity contribution in [3.05, 3.63) is 60.8 Å². The van der Waals surface area contributed by atoms with Crippen molar-refractivity contribution in [3.8, 4) is 0 Å². The van der Waals surface area contributed by atoms with Crippen molar-refractivity contribution >= 4 is 19.8 Å². The Morgan fingerprint density at radius 2 is 0.750 bits per heavy atom. The summed E-state index contributed by atoms with van der Waals surface area (Å²) in [6.07, 6.45) is 59.4. The van der Waals surface area contributed by atoms with Gasteiger partial charge in [-0.05, 0) is 83.5 Å². The molecule has 0 fully saturated rings. The van der Waals surface area contributed by atoms with E-state index in [2.05, 4.69) is 79.1 Å². The molecule has 0 heterocycles. The van der Waals surface area contributed by atoms with Gasteiger partial charge in [0.1, 0.15) is 6.61 Å². The van der Waals surface area contributed by atoms with Gasteiger partial charge in [-0.3, -0.25) is 14.1 Å². The molecule has 0 saturated carbocycles. The Kier molecular flexibility index (Phi) is 44.5. The van der Waals surface area contributed by atoms with Crippen molar-refractivity contribution in [2.45, 2.75) is 238 Å². The molecule has 0 saturated heterocycles. The molecule has 9 heteroatoms. The van der Waals surface area contributed by atoms with E-state index in [-0.39, 0.29) is 19.4 Å². The van der Waals surface area contributed by atoms with Crippen LogP contribution in [0.15, 0.2) is 60.8 Å². The van der Waals surface area contributed by atoms with Gasteiger partial charge < -0.3 is 19.3 Å². The number of phosphoric acid groups is 1. The summed E-state index contributed by atoms with van der Waals surface area (Å²) >= 11 is 0. The van der Waals surface area contributed by atoms with Gasteiger partial charge in [0.05, 0.1) is 6.61 Å². The molecule has 0 bridgehead atoms. The zero-order chi connectivity index (χ0) is 43.9. The molecular formula is C51H91O8P. The van der Waals surface area contributed by atoms with Gasteiger partial charge >= 0.3 is 19.8 Å². The largest absolute Gasteiger partial charge is 0.469 e. The first-order chi connectivity index (χ1) is 29.3. The minimum absolute atomic E-state index is 0.195. The minimum Gasteiger partial charge on any atom is -0.462 e. The number of esters is 2. The molecule has 0 aliphatic rings. The summed E-state index contributed by atoms with van der Waals surface area (Å²) in [4.78, 5) is 43.1. The Morgan fingerprint density at radius 3 is 1.15 bits per heavy atom. The fourth-order valence-corrected chi connectivity index (χ4v) is 7.18. The molecule has 1 atom stereocenters. The minimum atomic E-state index is -4.77. The predicted molar refractivity (Wildman–Crippen MR) is 253 cm³/mol. The molecule has 2 N–H and O–H groups in total. The van der Waals surface area contributed by atoms with E-state index in [0.717, 1.165) is 77.0 Å². The van der Waals surface area contributed by atoms with Crippen LogP contribution in [0.4, 0.5) is 0 Å². The van der Waals surface area contributed by atoms with Crippen LogP contribution in [0.1, 0.15) is 232 Å². The molecule has 0 aromatic carbocycles. The quantitative estimate of drug-likeness (QED) is 0.0269. The summed E-state index contributed by atoms with van der Waals surface area (Å²) in [6.45, 7) is 3.66. The highest BCUT2D eigenvalue weighted by atomic mass is 31.2. The number of ether oxygens (including phenoxy) is 2. The number of unbranched alkanes of at least 4 members (excludes halogenated alkanes) is 25. The highest BCUT2D eigenvalue weighted by molar-refractivity contribution is 7.46. The van der Waals surface area contributed by atoms with E-state index in [0.29, 0.717) is 6.42 Å². The summed E-state index contributed by atoms with van der Waals surface area (Å²) in [5.74, 6) is -0.898. The van der Waals surface area contributed by atoms with Crippen LogP contribution in [-0.4, -0.2) is 41.0 Å². The maximum atomic E-state index is 12.5. The highest BCUT2D eigenvalue weighted by Gasteiger charge is 2.23. The smallest absolute Gasteiger partial charge is 0.462 e. The Balaban J connectivity index is 3.87. The SMILES string of the molecule is CCCCC/C=C\C/C=C\C/C=C\CCCCCCCCC(=O)OC(COC(=O)CCCCCCCCCCCCC/C=C\C/C=C\CCCCCCC)COP(=O)(O)O. The Labute approximate surface area is 368 Å². The Bertz CT molecular complexity index is 1150. The second-order valence-electron chi connectivity index (χ2n) is 16.4. The molecular weight excluding hydrogens is 772 g/mol. The van der Waals surface area contributed by atoms with Crippen LogP contribution in [0.3, 0.4) is 0 Å². The van der Waals surface area contributed by atoms with Gasteiger partial charge in [0, 0.05) is 12.8 Å². The van der Waals surface area contributed by atoms with E-state index in [1.807, 2.05) is 0 Å². The van der Waals surface area contributed by atoms with Gasteiger partial charge in [-0.25, -0.2) is 4.57 Å². The van der Waals surface area contributed by atoms with Crippen LogP contribution < -0.4 is 0 Å². The van der Waals surface area contributed by atoms with E-state index in [1.54, 1.807) is 0 Å². The van der Waals surface area contributed by atoms with E-state index >= 15 is 0 Å². The number of phosphoric ester groups is 1. The summed E-state index contributed by atoms with van der Waals surface area (Å²) in [5.41, 5.74) is 0. The van der Waals surface area contributed by atoms with Crippen LogP contribution in [0.5, 0.6) is 0 Å². The Morgan fingerprint density at radius 1 is 0.433 bits per heavy atom. The van der Waals surface area contributed by atoms with Crippen molar-refractivity contribution in [2.24, 2.45) is 0 Å². The molecule has 0 rings (SSSR count). The number of carbonyl (C=O) groups excluding carboxylic acids is 2. The first kappa shape index (κ1) is 57.8. The number of carbonyl (C=O) groups is 2. The van der Waals surface area contributed by atoms with Crippen molar-refractivity contribution in [2.75, 3.05) is 13.2 Å². The lowest BCUT2D eigenvalue weighted by Crippen LogP contribution is -2.29. The second-order valence-corrected chi connectivity index (χ2v) is 17.7. The van der Waals surface area contributed by atoms with E-state index in [4.69, 9.17) is 19.3 Å². The van der Waals surface area contributed by atoms with Crippen LogP contribution in [0.2, 0.25) is 0 Å². The van der Waals surface area contributed by atoms with Gasteiger partial charge in [0.25, 0.3) is 0 Å². The average molecular weight is 863 g/mol. The molecule has 0 amide bonds. The van der Waals surface area contributed by atoms with Crippen molar-refractivity contribution in [3.63, 3.8) is 0 Å². The molecule has 1 unspecified atom stereocenters. The fourth-order valence-electron chi connectivity index (χ4n) is 6.82. The summed E-state index contributed by atoms with van der Waals surface area (Å²) in [6, 6.07) is 0. The first-order valence-corrected chi connectivity index (χ1v) is 26.1. The summed E-state index contributed by atoms with van der Waals surface area (Å²) in [7, 11) is -4.77. The van der Waals surface area contributed by atoms with Crippen molar-refractivity contribution in [1.29, 1.82) is 0 Å². The maximum Gasteiger partial charge on any atom is 0.469 e. The van der Waals surface area contributed by atoms with Crippen molar-refractivity contribution in [1.82, 2.24) is 0 Å². The Hall–Kier alpha value is -2.25. The number of hydrogen-bond donors (Lipinski definition) is 2. The average Bonchev–Trinajstić information content (AvgIpc) is 3.22. The topological polar surface area (TPSA) is 119 Å². The van der Waals surface area contributed by atoms with Crippen LogP contribution in [-0.2, 0) is 28.2 Å². The standard InChI is InChI=1S/C51H91O8P/c1-3-5-7-9-11-13-15-17-19-21-23-24-25-26-28-29-31-33-35-37-39-41-43-45-50(52)57-47-49(48-58-60(54,55)56)59-51(53)46-44-42-40-38-36-34-32-30-27-22-20-18-16-14-12-10-8-6-4-2/h12,14-15,17-18,20-21,23,27,30,49H,3-11,13,16,19,22,24-26,28-29,31-48H2,1-2H3,(H2,54,55,56)/b14-12-,17-15-,20-18-,23-21-,30-27-. The monoisotopic (exact) mass is 863 g/mol. The molecule has 0 spiro atoms. The first-order valence-electron chi connectivity index (χ1n) is 24.6. The number of rotatable bonds is 45. The van der Waals surface area contributed by atoms with Gasteiger partial charge in [-0.2, -0.15) is 0 Å². The third-order valence-electron chi connectivity index (χ3n) is 10.5. The normalized spacial score (nSPS) is 12.9. The molecule has 0 aliphatic carbocycles. The van der Waals surface area contributed by atoms with Gasteiger partial charge in [-0.1, -0.05) is 197 Å². The van der Waals surface area contributed by atoms with E-state index < -0.39 is 32.5 Å². The predicted octanol–water partition coefficient (Wildman–Crippen LogP) is 15.6. The summed E-state index contributed by atoms with van der Waals surface area (Å²) in [5, 5.41) is 0. The third kappa shape index (κ3) is 48.4. The lowest BCUT2D eigenvalue weighted by atomic mass is 10.0. The molecule has 0 aliphatic heterocycles. The molecule has 348 valence electrons.